The largest absolute Gasteiger partial charge is 0.462 e. The first-order valence-electron chi connectivity index (χ1n) is 10.1. The number of carbonyl (C=O) groups excluding carboxylic acids is 5. The molecule has 180 valence electrons. The van der Waals surface area contributed by atoms with Crippen LogP contribution in [0.2, 0.25) is 0 Å². The van der Waals surface area contributed by atoms with Crippen molar-refractivity contribution in [3.8, 4) is 0 Å². The number of nitrogens with one attached hydrogen (secondary N) is 2. The Bertz CT molecular complexity index is 886. The number of carbonyl (C=O) groups is 5. The molecular weight excluding hydrogens is 440 g/mol. The molecule has 0 bridgehead atoms. The second-order valence-corrected chi connectivity index (χ2v) is 6.95. The number of urea groups is 1. The lowest BCUT2D eigenvalue weighted by Crippen LogP contribution is -2.62. The van der Waals surface area contributed by atoms with E-state index in [4.69, 9.17) is 23.7 Å². The Morgan fingerprint density at radius 2 is 1.48 bits per heavy atom. The van der Waals surface area contributed by atoms with Crippen LogP contribution in [0.15, 0.2) is 24.3 Å². The van der Waals surface area contributed by atoms with Crippen molar-refractivity contribution in [2.45, 2.75) is 52.2 Å². The average Bonchev–Trinajstić information content (AvgIpc) is 2.72. The fraction of sp³-hybridized carbons (Fsp3) is 0.476. The Labute approximate surface area is 189 Å². The van der Waals surface area contributed by atoms with E-state index in [9.17, 15) is 24.0 Å². The van der Waals surface area contributed by atoms with E-state index in [1.807, 2.05) is 0 Å². The van der Waals surface area contributed by atoms with Crippen molar-refractivity contribution in [2.75, 3.05) is 18.5 Å². The zero-order valence-corrected chi connectivity index (χ0v) is 18.6. The third-order valence-electron chi connectivity index (χ3n) is 4.28. The molecule has 0 aromatic heterocycles. The lowest BCUT2D eigenvalue weighted by Gasteiger charge is -2.40. The molecule has 2 amide bonds. The van der Waals surface area contributed by atoms with Crippen molar-refractivity contribution in [2.24, 2.45) is 0 Å². The first-order valence-corrected chi connectivity index (χ1v) is 10.1. The summed E-state index contributed by atoms with van der Waals surface area (Å²) < 4.78 is 26.0. The molecule has 4 atom stereocenters. The van der Waals surface area contributed by atoms with Crippen LogP contribution >= 0.6 is 0 Å². The molecule has 1 aliphatic heterocycles. The zero-order valence-electron chi connectivity index (χ0n) is 18.6. The fourth-order valence-corrected chi connectivity index (χ4v) is 3.07. The van der Waals surface area contributed by atoms with Crippen LogP contribution < -0.4 is 10.6 Å². The van der Waals surface area contributed by atoms with Crippen LogP contribution in [-0.4, -0.2) is 67.7 Å². The highest BCUT2D eigenvalue weighted by atomic mass is 16.6. The summed E-state index contributed by atoms with van der Waals surface area (Å²) in [7, 11) is 0. The summed E-state index contributed by atoms with van der Waals surface area (Å²) in [5.41, 5.74) is 0.670. The molecule has 1 aliphatic rings. The number of hydrogen-bond acceptors (Lipinski definition) is 10. The number of hydrogen-bond donors (Lipinski definition) is 2. The number of benzene rings is 1. The van der Waals surface area contributed by atoms with Gasteiger partial charge in [0.15, 0.2) is 24.5 Å². The minimum Gasteiger partial charge on any atom is -0.462 e. The summed E-state index contributed by atoms with van der Waals surface area (Å²) in [5, 5.41) is 5.03. The van der Waals surface area contributed by atoms with Gasteiger partial charge < -0.3 is 34.3 Å². The average molecular weight is 466 g/mol. The highest BCUT2D eigenvalue weighted by molar-refractivity contribution is 5.92. The van der Waals surface area contributed by atoms with Gasteiger partial charge in [-0.3, -0.25) is 14.4 Å². The summed E-state index contributed by atoms with van der Waals surface area (Å²) >= 11 is 0. The van der Waals surface area contributed by atoms with E-state index in [0.29, 0.717) is 11.3 Å². The second-order valence-electron chi connectivity index (χ2n) is 6.95. The Balaban J connectivity index is 2.12. The summed E-state index contributed by atoms with van der Waals surface area (Å²) in [6.45, 7) is 5.13. The number of ether oxygens (including phenoxy) is 5. The van der Waals surface area contributed by atoms with Gasteiger partial charge in [-0.25, -0.2) is 9.59 Å². The van der Waals surface area contributed by atoms with Crippen LogP contribution in [0.1, 0.15) is 38.1 Å². The first kappa shape index (κ1) is 25.6. The summed E-state index contributed by atoms with van der Waals surface area (Å²) in [5.74, 6) is -2.59. The van der Waals surface area contributed by atoms with E-state index in [-0.39, 0.29) is 13.2 Å². The maximum Gasteiger partial charge on any atom is 0.338 e. The van der Waals surface area contributed by atoms with Gasteiger partial charge in [0.05, 0.1) is 18.8 Å². The van der Waals surface area contributed by atoms with Crippen molar-refractivity contribution >= 4 is 35.6 Å². The van der Waals surface area contributed by atoms with Crippen LogP contribution in [0.4, 0.5) is 10.5 Å². The van der Waals surface area contributed by atoms with Gasteiger partial charge in [-0.2, -0.15) is 0 Å². The highest BCUT2D eigenvalue weighted by Gasteiger charge is 2.47. The lowest BCUT2D eigenvalue weighted by atomic mass is 10.0. The Morgan fingerprint density at radius 3 is 2.03 bits per heavy atom. The SMILES string of the molecule is CCOC(=O)c1ccc(NC(=O)NC2OCC(OC(C)=O)C(OC(C)=O)C2OC(C)=O)cc1. The Hall–Kier alpha value is -3.67. The molecule has 33 heavy (non-hydrogen) atoms. The van der Waals surface area contributed by atoms with E-state index in [1.165, 1.54) is 24.3 Å². The molecule has 0 spiro atoms. The minimum atomic E-state index is -1.29. The van der Waals surface area contributed by atoms with Gasteiger partial charge in [0.1, 0.15) is 0 Å². The monoisotopic (exact) mass is 466 g/mol. The topological polar surface area (TPSA) is 156 Å². The van der Waals surface area contributed by atoms with E-state index in [2.05, 4.69) is 10.6 Å². The maximum atomic E-state index is 12.5. The standard InChI is InChI=1S/C21H26N2O10/c1-5-29-20(27)14-6-8-15(9-7-14)22-21(28)23-19-18(33-13(4)26)17(32-12(3)25)16(10-30-19)31-11(2)24/h6-9,16-19H,5,10H2,1-4H3,(H2,22,23,28). The lowest BCUT2D eigenvalue weighted by molar-refractivity contribution is -0.228. The van der Waals surface area contributed by atoms with Gasteiger partial charge in [0.25, 0.3) is 0 Å². The second kappa shape index (κ2) is 11.8. The van der Waals surface area contributed by atoms with E-state index < -0.39 is 54.4 Å². The van der Waals surface area contributed by atoms with Crippen molar-refractivity contribution in [3.05, 3.63) is 29.8 Å². The third-order valence-corrected chi connectivity index (χ3v) is 4.28. The number of anilines is 1. The van der Waals surface area contributed by atoms with Gasteiger partial charge >= 0.3 is 29.9 Å². The third kappa shape index (κ3) is 7.75. The molecule has 4 unspecified atom stereocenters. The van der Waals surface area contributed by atoms with Gasteiger partial charge in [-0.15, -0.1) is 0 Å². The predicted octanol–water partition coefficient (Wildman–Crippen LogP) is 1.14. The van der Waals surface area contributed by atoms with E-state index in [0.717, 1.165) is 20.8 Å². The van der Waals surface area contributed by atoms with Crippen LogP contribution in [0, 0.1) is 0 Å². The fourth-order valence-electron chi connectivity index (χ4n) is 3.07. The Kier molecular flexibility index (Phi) is 9.16. The molecular formula is C21H26N2O10. The normalized spacial score (nSPS) is 21.8. The molecule has 0 saturated carbocycles. The number of amides is 2. The summed E-state index contributed by atoms with van der Waals surface area (Å²) in [4.78, 5) is 58.8. The van der Waals surface area contributed by atoms with Crippen LogP contribution in [-0.2, 0) is 38.1 Å². The molecule has 1 aromatic rings. The van der Waals surface area contributed by atoms with Crippen LogP contribution in [0.25, 0.3) is 0 Å². The highest BCUT2D eigenvalue weighted by Crippen LogP contribution is 2.23. The zero-order chi connectivity index (χ0) is 24.5. The van der Waals surface area contributed by atoms with Gasteiger partial charge in [-0.05, 0) is 31.2 Å². The minimum absolute atomic E-state index is 0.228. The first-order chi connectivity index (χ1) is 15.6. The van der Waals surface area contributed by atoms with Crippen molar-refractivity contribution < 1.29 is 47.7 Å². The van der Waals surface area contributed by atoms with Crippen molar-refractivity contribution in [1.29, 1.82) is 0 Å². The smallest absolute Gasteiger partial charge is 0.338 e. The van der Waals surface area contributed by atoms with Gasteiger partial charge in [0.2, 0.25) is 0 Å². The van der Waals surface area contributed by atoms with Crippen LogP contribution in [0.3, 0.4) is 0 Å². The molecule has 1 aromatic carbocycles. The molecule has 1 saturated heterocycles. The van der Waals surface area contributed by atoms with E-state index >= 15 is 0 Å². The predicted molar refractivity (Wildman–Crippen MR) is 111 cm³/mol. The molecule has 0 aliphatic carbocycles. The maximum absolute atomic E-state index is 12.5. The van der Waals surface area contributed by atoms with Crippen molar-refractivity contribution in [1.82, 2.24) is 5.32 Å². The quantitative estimate of drug-likeness (QED) is 0.441. The molecule has 12 heteroatoms. The van der Waals surface area contributed by atoms with Crippen molar-refractivity contribution in [3.63, 3.8) is 0 Å². The van der Waals surface area contributed by atoms with Gasteiger partial charge in [-0.1, -0.05) is 0 Å². The molecule has 2 rings (SSSR count). The van der Waals surface area contributed by atoms with Crippen LogP contribution in [0.5, 0.6) is 0 Å². The molecule has 1 fully saturated rings. The molecule has 0 radical (unpaired) electrons. The molecule has 2 N–H and O–H groups in total. The number of rotatable bonds is 7. The molecule has 12 nitrogen and oxygen atoms in total. The van der Waals surface area contributed by atoms with E-state index in [1.54, 1.807) is 6.92 Å². The summed E-state index contributed by atoms with van der Waals surface area (Å²) in [6, 6.07) is 5.22. The Morgan fingerprint density at radius 1 is 0.909 bits per heavy atom. The number of esters is 4. The summed E-state index contributed by atoms with van der Waals surface area (Å²) in [6.07, 6.45) is -4.77. The van der Waals surface area contributed by atoms with Gasteiger partial charge in [0, 0.05) is 26.5 Å². The molecule has 1 heterocycles.